The van der Waals surface area contributed by atoms with Crippen LogP contribution in [0.2, 0.25) is 0 Å². The summed E-state index contributed by atoms with van der Waals surface area (Å²) in [6.45, 7) is 5.15. The van der Waals surface area contributed by atoms with Gasteiger partial charge in [-0.15, -0.1) is 0 Å². The van der Waals surface area contributed by atoms with Crippen molar-refractivity contribution in [1.82, 2.24) is 24.6 Å². The van der Waals surface area contributed by atoms with Gasteiger partial charge < -0.3 is 4.98 Å². The molecule has 3 rings (SSSR count). The zero-order valence-electron chi connectivity index (χ0n) is 12.1. The van der Waals surface area contributed by atoms with E-state index in [0.29, 0.717) is 17.6 Å². The highest BCUT2D eigenvalue weighted by Crippen LogP contribution is 2.20. The van der Waals surface area contributed by atoms with Crippen molar-refractivity contribution in [2.75, 3.05) is 13.1 Å². The van der Waals surface area contributed by atoms with Gasteiger partial charge in [-0.2, -0.15) is 5.10 Å². The van der Waals surface area contributed by atoms with Crippen LogP contribution in [-0.2, 0) is 13.6 Å². The molecule has 0 radical (unpaired) electrons. The summed E-state index contributed by atoms with van der Waals surface area (Å²) in [5.74, 6) is 1.51. The third-order valence-corrected chi connectivity index (χ3v) is 4.20. The SMILES string of the molecule is CC[C@@H]1CCCN(Cc2nc3c(cnn3C)c(=O)[nH]2)C1. The van der Waals surface area contributed by atoms with Crippen LogP contribution in [0, 0.1) is 5.92 Å². The average Bonchev–Trinajstić information content (AvgIpc) is 2.81. The van der Waals surface area contributed by atoms with Gasteiger partial charge >= 0.3 is 0 Å². The molecule has 0 saturated carbocycles. The second-order valence-corrected chi connectivity index (χ2v) is 5.67. The molecule has 6 heteroatoms. The van der Waals surface area contributed by atoms with Crippen molar-refractivity contribution in [2.45, 2.75) is 32.7 Å². The van der Waals surface area contributed by atoms with E-state index in [2.05, 4.69) is 26.9 Å². The summed E-state index contributed by atoms with van der Waals surface area (Å²) in [5, 5.41) is 4.65. The zero-order valence-corrected chi connectivity index (χ0v) is 12.1. The quantitative estimate of drug-likeness (QED) is 0.916. The van der Waals surface area contributed by atoms with Crippen molar-refractivity contribution in [3.63, 3.8) is 0 Å². The van der Waals surface area contributed by atoms with Crippen molar-refractivity contribution in [3.8, 4) is 0 Å². The van der Waals surface area contributed by atoms with E-state index in [-0.39, 0.29) is 5.56 Å². The Morgan fingerprint density at radius 3 is 3.15 bits per heavy atom. The van der Waals surface area contributed by atoms with Crippen LogP contribution in [0.1, 0.15) is 32.0 Å². The van der Waals surface area contributed by atoms with E-state index in [9.17, 15) is 4.79 Å². The molecular formula is C14H21N5O. The molecule has 20 heavy (non-hydrogen) atoms. The summed E-state index contributed by atoms with van der Waals surface area (Å²) in [6.07, 6.45) is 5.34. The Labute approximate surface area is 117 Å². The van der Waals surface area contributed by atoms with Gasteiger partial charge in [-0.25, -0.2) is 4.98 Å². The number of hydrogen-bond acceptors (Lipinski definition) is 4. The monoisotopic (exact) mass is 275 g/mol. The number of nitrogens with one attached hydrogen (secondary N) is 1. The van der Waals surface area contributed by atoms with E-state index < -0.39 is 0 Å². The van der Waals surface area contributed by atoms with Crippen molar-refractivity contribution in [1.29, 1.82) is 0 Å². The van der Waals surface area contributed by atoms with Gasteiger partial charge in [0.05, 0.1) is 12.7 Å². The molecule has 6 nitrogen and oxygen atoms in total. The first-order valence-corrected chi connectivity index (χ1v) is 7.30. The van der Waals surface area contributed by atoms with Gasteiger partial charge in [0.1, 0.15) is 11.2 Å². The number of aryl methyl sites for hydroxylation is 1. The third kappa shape index (κ3) is 2.47. The van der Waals surface area contributed by atoms with Crippen LogP contribution in [0.25, 0.3) is 11.0 Å². The maximum Gasteiger partial charge on any atom is 0.262 e. The van der Waals surface area contributed by atoms with Crippen LogP contribution >= 0.6 is 0 Å². The topological polar surface area (TPSA) is 66.8 Å². The van der Waals surface area contributed by atoms with Crippen LogP contribution in [0.15, 0.2) is 11.0 Å². The fraction of sp³-hybridized carbons (Fsp3) is 0.643. The molecule has 0 spiro atoms. The van der Waals surface area contributed by atoms with Gasteiger partial charge in [-0.05, 0) is 25.3 Å². The number of rotatable bonds is 3. The molecule has 108 valence electrons. The summed E-state index contributed by atoms with van der Waals surface area (Å²) >= 11 is 0. The van der Waals surface area contributed by atoms with E-state index in [1.54, 1.807) is 10.9 Å². The molecule has 0 amide bonds. The molecule has 1 N–H and O–H groups in total. The number of fused-ring (bicyclic) bond motifs is 1. The zero-order chi connectivity index (χ0) is 14.1. The Bertz CT molecular complexity index is 659. The Hall–Kier alpha value is -1.69. The molecule has 2 aromatic heterocycles. The molecule has 0 unspecified atom stereocenters. The van der Waals surface area contributed by atoms with Gasteiger partial charge in [0.15, 0.2) is 5.65 Å². The fourth-order valence-electron chi connectivity index (χ4n) is 2.99. The summed E-state index contributed by atoms with van der Waals surface area (Å²) in [4.78, 5) is 21.8. The van der Waals surface area contributed by atoms with E-state index in [0.717, 1.165) is 24.8 Å². The van der Waals surface area contributed by atoms with Gasteiger partial charge in [-0.1, -0.05) is 13.3 Å². The highest BCUT2D eigenvalue weighted by atomic mass is 16.1. The molecule has 3 heterocycles. The number of aromatic nitrogens is 4. The minimum absolute atomic E-state index is 0.0952. The molecule has 1 atom stereocenters. The van der Waals surface area contributed by atoms with Crippen molar-refractivity contribution >= 4 is 11.0 Å². The van der Waals surface area contributed by atoms with Gasteiger partial charge in [-0.3, -0.25) is 14.4 Å². The number of likely N-dealkylation sites (tertiary alicyclic amines) is 1. The van der Waals surface area contributed by atoms with Crippen molar-refractivity contribution < 1.29 is 0 Å². The number of H-pyrrole nitrogens is 1. The smallest absolute Gasteiger partial charge is 0.262 e. The van der Waals surface area contributed by atoms with Gasteiger partial charge in [0, 0.05) is 13.6 Å². The summed E-state index contributed by atoms with van der Waals surface area (Å²) in [5.41, 5.74) is 0.565. The molecule has 0 bridgehead atoms. The second-order valence-electron chi connectivity index (χ2n) is 5.67. The number of aromatic amines is 1. The predicted octanol–water partition coefficient (Wildman–Crippen LogP) is 1.28. The van der Waals surface area contributed by atoms with E-state index in [1.807, 2.05) is 7.05 Å². The Balaban J connectivity index is 1.83. The predicted molar refractivity (Wildman–Crippen MR) is 77.4 cm³/mol. The van der Waals surface area contributed by atoms with Crippen LogP contribution in [0.4, 0.5) is 0 Å². The lowest BCUT2D eigenvalue weighted by molar-refractivity contribution is 0.161. The van der Waals surface area contributed by atoms with Crippen LogP contribution in [-0.4, -0.2) is 37.7 Å². The van der Waals surface area contributed by atoms with Gasteiger partial charge in [0.2, 0.25) is 0 Å². The number of piperidine rings is 1. The summed E-state index contributed by atoms with van der Waals surface area (Å²) in [7, 11) is 1.81. The molecule has 0 aromatic carbocycles. The maximum absolute atomic E-state index is 12.0. The van der Waals surface area contributed by atoms with Crippen molar-refractivity contribution in [2.24, 2.45) is 13.0 Å². The lowest BCUT2D eigenvalue weighted by Crippen LogP contribution is -2.35. The number of hydrogen-bond donors (Lipinski definition) is 1. The summed E-state index contributed by atoms with van der Waals surface area (Å²) in [6, 6.07) is 0. The van der Waals surface area contributed by atoms with E-state index in [4.69, 9.17) is 0 Å². The lowest BCUT2D eigenvalue weighted by Gasteiger charge is -2.31. The number of nitrogens with zero attached hydrogens (tertiary/aromatic N) is 4. The minimum atomic E-state index is -0.0952. The molecule has 2 aromatic rings. The Kier molecular flexibility index (Phi) is 3.56. The first-order valence-electron chi connectivity index (χ1n) is 7.30. The normalized spacial score (nSPS) is 20.6. The fourth-order valence-corrected chi connectivity index (χ4v) is 2.99. The highest BCUT2D eigenvalue weighted by molar-refractivity contribution is 5.72. The van der Waals surface area contributed by atoms with E-state index >= 15 is 0 Å². The van der Waals surface area contributed by atoms with Crippen LogP contribution in [0.5, 0.6) is 0 Å². The van der Waals surface area contributed by atoms with Crippen LogP contribution in [0.3, 0.4) is 0 Å². The largest absolute Gasteiger partial charge is 0.309 e. The third-order valence-electron chi connectivity index (χ3n) is 4.20. The van der Waals surface area contributed by atoms with Crippen molar-refractivity contribution in [3.05, 3.63) is 22.4 Å². The molecule has 1 fully saturated rings. The van der Waals surface area contributed by atoms with Gasteiger partial charge in [0.25, 0.3) is 5.56 Å². The molecule has 1 saturated heterocycles. The average molecular weight is 275 g/mol. The standard InChI is InChI=1S/C14H21N5O/c1-3-10-5-4-6-19(8-10)9-12-16-13-11(14(20)17-12)7-15-18(13)2/h7,10H,3-6,8-9H2,1-2H3,(H,16,17,20)/t10-/m1/s1. The maximum atomic E-state index is 12.0. The highest BCUT2D eigenvalue weighted by Gasteiger charge is 2.19. The molecule has 1 aliphatic heterocycles. The Morgan fingerprint density at radius 1 is 1.50 bits per heavy atom. The summed E-state index contributed by atoms with van der Waals surface area (Å²) < 4.78 is 1.65. The second kappa shape index (κ2) is 5.36. The van der Waals surface area contributed by atoms with Crippen LogP contribution < -0.4 is 5.56 Å². The molecular weight excluding hydrogens is 254 g/mol. The van der Waals surface area contributed by atoms with E-state index in [1.165, 1.54) is 19.3 Å². The lowest BCUT2D eigenvalue weighted by atomic mass is 9.96. The molecule has 0 aliphatic carbocycles. The first kappa shape index (κ1) is 13.3. The first-order chi connectivity index (χ1) is 9.67. The molecule has 1 aliphatic rings. The minimum Gasteiger partial charge on any atom is -0.309 e. The Morgan fingerprint density at radius 2 is 2.35 bits per heavy atom.